The first-order chi connectivity index (χ1) is 17.1. The molecule has 1 aromatic carbocycles. The van der Waals surface area contributed by atoms with E-state index >= 15 is 0 Å². The van der Waals surface area contributed by atoms with Crippen molar-refractivity contribution in [3.63, 3.8) is 0 Å². The highest BCUT2D eigenvalue weighted by Crippen LogP contribution is 2.25. The number of nitrogens with one attached hydrogen (secondary N) is 1. The molecule has 2 aromatic heterocycles. The summed E-state index contributed by atoms with van der Waals surface area (Å²) in [5.41, 5.74) is 1.61. The minimum absolute atomic E-state index is 0.0675. The van der Waals surface area contributed by atoms with E-state index in [2.05, 4.69) is 32.2 Å². The van der Waals surface area contributed by atoms with Gasteiger partial charge in [-0.2, -0.15) is 4.52 Å². The lowest BCUT2D eigenvalue weighted by atomic mass is 9.96. The van der Waals surface area contributed by atoms with Crippen molar-refractivity contribution >= 4 is 29.0 Å². The lowest BCUT2D eigenvalue weighted by Gasteiger charge is -2.35. The number of anilines is 1. The number of likely N-dealkylation sites (tertiary alicyclic amines) is 1. The molecule has 1 atom stereocenters. The van der Waals surface area contributed by atoms with Crippen molar-refractivity contribution in [2.24, 2.45) is 5.92 Å². The minimum Gasteiger partial charge on any atom is -0.355 e. The van der Waals surface area contributed by atoms with Crippen molar-refractivity contribution in [1.82, 2.24) is 30.0 Å². The Hall–Kier alpha value is -2.71. The van der Waals surface area contributed by atoms with E-state index in [0.717, 1.165) is 56.9 Å². The van der Waals surface area contributed by atoms with E-state index in [9.17, 15) is 4.79 Å². The quantitative estimate of drug-likeness (QED) is 0.533. The van der Waals surface area contributed by atoms with E-state index in [1.54, 1.807) is 4.52 Å². The lowest BCUT2D eigenvalue weighted by Crippen LogP contribution is -2.45. The Balaban J connectivity index is 1.16. The Labute approximate surface area is 211 Å². The zero-order valence-corrected chi connectivity index (χ0v) is 21.1. The van der Waals surface area contributed by atoms with Gasteiger partial charge in [-0.15, -0.1) is 15.3 Å². The number of carbonyl (C=O) groups excluding carboxylic acids is 1. The van der Waals surface area contributed by atoms with Crippen LogP contribution in [0.3, 0.4) is 0 Å². The molecule has 2 fully saturated rings. The lowest BCUT2D eigenvalue weighted by molar-refractivity contribution is -0.125. The molecule has 2 aliphatic heterocycles. The van der Waals surface area contributed by atoms with Gasteiger partial charge in [0, 0.05) is 48.7 Å². The number of hydrogen-bond donors (Lipinski definition) is 1. The van der Waals surface area contributed by atoms with Crippen molar-refractivity contribution in [3.05, 3.63) is 41.4 Å². The Morgan fingerprint density at radius 3 is 2.60 bits per heavy atom. The van der Waals surface area contributed by atoms with Crippen molar-refractivity contribution in [2.75, 3.05) is 37.6 Å². The summed E-state index contributed by atoms with van der Waals surface area (Å²) in [6.07, 6.45) is 6.76. The molecular weight excluding hydrogens is 462 g/mol. The molecule has 35 heavy (non-hydrogen) atoms. The van der Waals surface area contributed by atoms with Gasteiger partial charge in [0.05, 0.1) is 0 Å². The Morgan fingerprint density at radius 1 is 1.03 bits per heavy atom. The van der Waals surface area contributed by atoms with Gasteiger partial charge < -0.3 is 10.2 Å². The molecule has 5 rings (SSSR count). The smallest absolute Gasteiger partial charge is 0.223 e. The number of aromatic nitrogens is 4. The van der Waals surface area contributed by atoms with Gasteiger partial charge in [-0.3, -0.25) is 9.69 Å². The van der Waals surface area contributed by atoms with Gasteiger partial charge in [0.15, 0.2) is 11.5 Å². The van der Waals surface area contributed by atoms with Gasteiger partial charge in [-0.1, -0.05) is 24.9 Å². The van der Waals surface area contributed by atoms with E-state index < -0.39 is 0 Å². The largest absolute Gasteiger partial charge is 0.355 e. The van der Waals surface area contributed by atoms with Crippen LogP contribution in [0.4, 0.5) is 5.82 Å². The number of piperidine rings is 2. The van der Waals surface area contributed by atoms with Gasteiger partial charge in [0.2, 0.25) is 5.91 Å². The third-order valence-electron chi connectivity index (χ3n) is 7.46. The fraction of sp³-hybridized carbons (Fsp3) is 0.538. The number of hydrogen-bond acceptors (Lipinski definition) is 6. The summed E-state index contributed by atoms with van der Waals surface area (Å²) in [6.45, 7) is 6.74. The van der Waals surface area contributed by atoms with Crippen molar-refractivity contribution in [1.29, 1.82) is 0 Å². The summed E-state index contributed by atoms with van der Waals surface area (Å²) < 4.78 is 1.78. The van der Waals surface area contributed by atoms with E-state index in [1.165, 1.54) is 25.7 Å². The van der Waals surface area contributed by atoms with E-state index in [4.69, 9.17) is 16.7 Å². The standard InChI is InChI=1S/C26H34ClN7O/c1-2-22-5-3-4-15-32(22)18-14-28-26(35)20-12-16-33(17-13-20)24-11-10-23-29-30-25(34(23)31-24)19-6-8-21(27)9-7-19/h6-11,20,22H,2-5,12-18H2,1H3,(H,28,35)/t22-/m1/s1. The number of halogens is 1. The third kappa shape index (κ3) is 5.43. The number of nitrogens with zero attached hydrogens (tertiary/aromatic N) is 6. The van der Waals surface area contributed by atoms with Gasteiger partial charge in [0.25, 0.3) is 0 Å². The zero-order valence-electron chi connectivity index (χ0n) is 20.4. The van der Waals surface area contributed by atoms with E-state index in [0.29, 0.717) is 22.5 Å². The third-order valence-corrected chi connectivity index (χ3v) is 7.71. The average molecular weight is 496 g/mol. The van der Waals surface area contributed by atoms with Crippen LogP contribution in [0.5, 0.6) is 0 Å². The first-order valence-electron chi connectivity index (χ1n) is 12.9. The van der Waals surface area contributed by atoms with Crippen LogP contribution >= 0.6 is 11.6 Å². The predicted molar refractivity (Wildman–Crippen MR) is 139 cm³/mol. The molecule has 1 N–H and O–H groups in total. The van der Waals surface area contributed by atoms with Crippen LogP contribution < -0.4 is 10.2 Å². The normalized spacial score (nSPS) is 19.8. The highest BCUT2D eigenvalue weighted by Gasteiger charge is 2.26. The second-order valence-corrected chi connectivity index (χ2v) is 10.1. The summed E-state index contributed by atoms with van der Waals surface area (Å²) in [4.78, 5) is 17.6. The van der Waals surface area contributed by atoms with Crippen LogP contribution in [-0.4, -0.2) is 69.4 Å². The number of fused-ring (bicyclic) bond motifs is 1. The van der Waals surface area contributed by atoms with Gasteiger partial charge in [-0.25, -0.2) is 0 Å². The molecule has 0 aliphatic carbocycles. The van der Waals surface area contributed by atoms with E-state index in [-0.39, 0.29) is 11.8 Å². The van der Waals surface area contributed by atoms with Crippen molar-refractivity contribution in [2.45, 2.75) is 51.5 Å². The fourth-order valence-electron chi connectivity index (χ4n) is 5.38. The summed E-state index contributed by atoms with van der Waals surface area (Å²) in [5.74, 6) is 1.83. The van der Waals surface area contributed by atoms with E-state index in [1.807, 2.05) is 36.4 Å². The second-order valence-electron chi connectivity index (χ2n) is 9.64. The SMILES string of the molecule is CC[C@@H]1CCCCN1CCNC(=O)C1CCN(c2ccc3nnc(-c4ccc(Cl)cc4)n3n2)CC1. The molecule has 0 saturated carbocycles. The topological polar surface area (TPSA) is 78.7 Å². The molecule has 4 heterocycles. The van der Waals surface area contributed by atoms with Crippen molar-refractivity contribution in [3.8, 4) is 11.4 Å². The first-order valence-corrected chi connectivity index (χ1v) is 13.3. The van der Waals surface area contributed by atoms with Gasteiger partial charge >= 0.3 is 0 Å². The maximum atomic E-state index is 12.8. The molecule has 0 spiro atoms. The molecule has 8 nitrogen and oxygen atoms in total. The summed E-state index contributed by atoms with van der Waals surface area (Å²) in [7, 11) is 0. The molecule has 2 saturated heterocycles. The minimum atomic E-state index is 0.0675. The first kappa shape index (κ1) is 24.0. The predicted octanol–water partition coefficient (Wildman–Crippen LogP) is 4.04. The monoisotopic (exact) mass is 495 g/mol. The molecule has 2 aliphatic rings. The van der Waals surface area contributed by atoms with Gasteiger partial charge in [-0.05, 0) is 75.0 Å². The van der Waals surface area contributed by atoms with Crippen LogP contribution in [0.15, 0.2) is 36.4 Å². The summed E-state index contributed by atoms with van der Waals surface area (Å²) in [6, 6.07) is 12.1. The fourth-order valence-corrected chi connectivity index (χ4v) is 5.51. The Bertz CT molecular complexity index is 1140. The van der Waals surface area contributed by atoms with Crippen LogP contribution in [-0.2, 0) is 4.79 Å². The molecule has 0 radical (unpaired) electrons. The number of carbonyl (C=O) groups is 1. The highest BCUT2D eigenvalue weighted by molar-refractivity contribution is 6.30. The Morgan fingerprint density at radius 2 is 1.83 bits per heavy atom. The molecular formula is C26H34ClN7O. The van der Waals surface area contributed by atoms with Crippen LogP contribution in [0.25, 0.3) is 17.0 Å². The van der Waals surface area contributed by atoms with Crippen LogP contribution in [0.2, 0.25) is 5.02 Å². The summed E-state index contributed by atoms with van der Waals surface area (Å²) in [5, 5.41) is 17.3. The molecule has 9 heteroatoms. The number of rotatable bonds is 7. The molecule has 0 bridgehead atoms. The van der Waals surface area contributed by atoms with Crippen LogP contribution in [0.1, 0.15) is 45.4 Å². The Kier molecular flexibility index (Phi) is 7.48. The second kappa shape index (κ2) is 10.9. The molecule has 1 amide bonds. The highest BCUT2D eigenvalue weighted by atomic mass is 35.5. The van der Waals surface area contributed by atoms with Crippen LogP contribution in [0, 0.1) is 5.92 Å². The van der Waals surface area contributed by atoms with Crippen molar-refractivity contribution < 1.29 is 4.79 Å². The maximum Gasteiger partial charge on any atom is 0.223 e. The molecule has 3 aromatic rings. The number of amides is 1. The average Bonchev–Trinajstić information content (AvgIpc) is 3.33. The number of benzene rings is 1. The molecule has 186 valence electrons. The molecule has 0 unspecified atom stereocenters. The summed E-state index contributed by atoms with van der Waals surface area (Å²) >= 11 is 6.03. The zero-order chi connectivity index (χ0) is 24.2. The van der Waals surface area contributed by atoms with Gasteiger partial charge in [0.1, 0.15) is 5.82 Å². The maximum absolute atomic E-state index is 12.8.